The van der Waals surface area contributed by atoms with Gasteiger partial charge in [0.2, 0.25) is 0 Å². The normalized spacial score (nSPS) is 14.9. The number of amides is 4. The number of carbonyl (C=O) groups excluding carboxylic acids is 4. The van der Waals surface area contributed by atoms with Crippen LogP contribution in [0.25, 0.3) is 10.8 Å². The monoisotopic (exact) mass is 623 g/mol. The molecule has 0 spiro atoms. The minimum absolute atomic E-state index is 0. The molecule has 13 nitrogen and oxygen atoms in total. The number of rotatable bonds is 10. The van der Waals surface area contributed by atoms with Crippen LogP contribution in [-0.4, -0.2) is 97.8 Å². The first-order valence-electron chi connectivity index (χ1n) is 14.1. The topological polar surface area (TPSA) is 171 Å². The summed E-state index contributed by atoms with van der Waals surface area (Å²) < 4.78 is 0. The summed E-state index contributed by atoms with van der Waals surface area (Å²) >= 11 is 0. The number of hydrogen-bond acceptors (Lipinski definition) is 9. The number of nitro groups is 1. The Labute approximate surface area is 259 Å². The molecule has 2 aliphatic rings. The molecule has 0 unspecified atom stereocenters. The van der Waals surface area contributed by atoms with E-state index >= 15 is 0 Å². The number of carbonyl (C=O) groups is 4. The van der Waals surface area contributed by atoms with Crippen LogP contribution in [0, 0.1) is 10.1 Å². The average molecular weight is 624 g/mol. The summed E-state index contributed by atoms with van der Waals surface area (Å²) in [7, 11) is 1.96. The van der Waals surface area contributed by atoms with E-state index in [-0.39, 0.29) is 51.9 Å². The molecule has 2 heterocycles. The molecular weight excluding hydrogens is 590 g/mol. The number of likely N-dealkylation sites (N-methyl/N-ethyl adjacent to an activating group) is 1. The molecule has 44 heavy (non-hydrogen) atoms. The largest absolute Gasteiger partial charge is 0.351 e. The van der Waals surface area contributed by atoms with Gasteiger partial charge in [-0.25, -0.2) is 4.90 Å². The van der Waals surface area contributed by atoms with Gasteiger partial charge in [0, 0.05) is 73.5 Å². The molecule has 1 saturated heterocycles. The van der Waals surface area contributed by atoms with Crippen LogP contribution in [0.1, 0.15) is 47.9 Å². The van der Waals surface area contributed by atoms with Crippen LogP contribution in [0.2, 0.25) is 0 Å². The molecule has 1 fully saturated rings. The second-order valence-electron chi connectivity index (χ2n) is 10.6. The van der Waals surface area contributed by atoms with Crippen LogP contribution >= 0.6 is 12.4 Å². The van der Waals surface area contributed by atoms with Crippen molar-refractivity contribution in [2.75, 3.05) is 64.3 Å². The number of anilines is 1. The van der Waals surface area contributed by atoms with Crippen molar-refractivity contribution in [1.29, 1.82) is 0 Å². The third kappa shape index (κ3) is 6.55. The molecular formula is C30H34ClN7O6. The summed E-state index contributed by atoms with van der Waals surface area (Å²) in [5, 5.41) is 18.3. The zero-order valence-electron chi connectivity index (χ0n) is 24.2. The molecule has 0 radical (unpaired) electrons. The van der Waals surface area contributed by atoms with Gasteiger partial charge in [-0.1, -0.05) is 12.1 Å². The van der Waals surface area contributed by atoms with Crippen LogP contribution < -0.4 is 21.3 Å². The van der Waals surface area contributed by atoms with Gasteiger partial charge < -0.3 is 26.2 Å². The molecule has 5 rings (SSSR count). The number of benzene rings is 3. The maximum absolute atomic E-state index is 13.9. The molecule has 0 aliphatic carbocycles. The Morgan fingerprint density at radius 3 is 2.34 bits per heavy atom. The Balaban J connectivity index is 0.00000442. The van der Waals surface area contributed by atoms with Gasteiger partial charge in [0.25, 0.3) is 29.3 Å². The van der Waals surface area contributed by atoms with E-state index in [0.29, 0.717) is 63.1 Å². The summed E-state index contributed by atoms with van der Waals surface area (Å²) in [5.41, 5.74) is 5.66. The predicted molar refractivity (Wildman–Crippen MR) is 168 cm³/mol. The number of nitrogens with zero attached hydrogens (tertiary/aromatic N) is 4. The Morgan fingerprint density at radius 1 is 0.932 bits per heavy atom. The lowest BCUT2D eigenvalue weighted by Crippen LogP contribution is -2.47. The van der Waals surface area contributed by atoms with Gasteiger partial charge in [-0.15, -0.1) is 12.4 Å². The predicted octanol–water partition coefficient (Wildman–Crippen LogP) is 2.03. The number of nitrogens with one attached hydrogen (secondary N) is 2. The molecule has 0 atom stereocenters. The van der Waals surface area contributed by atoms with Crippen molar-refractivity contribution >= 4 is 58.2 Å². The highest BCUT2D eigenvalue weighted by Gasteiger charge is 2.36. The molecule has 14 heteroatoms. The van der Waals surface area contributed by atoms with E-state index in [0.717, 1.165) is 17.4 Å². The van der Waals surface area contributed by atoms with E-state index < -0.39 is 22.6 Å². The van der Waals surface area contributed by atoms with Crippen LogP contribution in [0.3, 0.4) is 0 Å². The lowest BCUT2D eigenvalue weighted by atomic mass is 9.92. The van der Waals surface area contributed by atoms with E-state index in [1.165, 1.54) is 24.3 Å². The lowest BCUT2D eigenvalue weighted by Gasteiger charge is -2.33. The van der Waals surface area contributed by atoms with E-state index in [4.69, 9.17) is 5.73 Å². The third-order valence-corrected chi connectivity index (χ3v) is 7.66. The first-order valence-corrected chi connectivity index (χ1v) is 14.1. The number of piperazine rings is 1. The highest BCUT2D eigenvalue weighted by atomic mass is 35.5. The highest BCUT2D eigenvalue weighted by Crippen LogP contribution is 2.36. The van der Waals surface area contributed by atoms with Crippen molar-refractivity contribution in [3.63, 3.8) is 0 Å². The smallest absolute Gasteiger partial charge is 0.270 e. The fourth-order valence-electron chi connectivity index (χ4n) is 5.34. The van der Waals surface area contributed by atoms with Crippen molar-refractivity contribution in [2.45, 2.75) is 6.42 Å². The summed E-state index contributed by atoms with van der Waals surface area (Å²) in [5.74, 6) is -2.25. The van der Waals surface area contributed by atoms with E-state index in [1.54, 1.807) is 23.1 Å². The molecule has 2 aliphatic heterocycles. The van der Waals surface area contributed by atoms with Gasteiger partial charge in [0.1, 0.15) is 0 Å². The SMILES string of the molecule is CN1CCN(C(=O)c2cc(C(=O)NCCNCCCN)cc(N3C(=O)c4cccc5cc([N+](=O)[O-])cc(c45)C3=O)c2)CC1.Cl. The zero-order chi connectivity index (χ0) is 30.7. The summed E-state index contributed by atoms with van der Waals surface area (Å²) in [4.78, 5) is 70.2. The van der Waals surface area contributed by atoms with Crippen molar-refractivity contribution in [3.8, 4) is 0 Å². The second kappa shape index (κ2) is 13.9. The number of hydrogen-bond donors (Lipinski definition) is 3. The van der Waals surface area contributed by atoms with Gasteiger partial charge in [0.05, 0.1) is 16.2 Å². The number of nitro benzene ring substituents is 1. The average Bonchev–Trinajstić information content (AvgIpc) is 3.01. The van der Waals surface area contributed by atoms with Crippen molar-refractivity contribution < 1.29 is 24.1 Å². The Kier molecular flexibility index (Phi) is 10.3. The van der Waals surface area contributed by atoms with E-state index in [2.05, 4.69) is 15.5 Å². The maximum atomic E-state index is 13.9. The summed E-state index contributed by atoms with van der Waals surface area (Å²) in [6.45, 7) is 4.38. The zero-order valence-corrected chi connectivity index (χ0v) is 25.0. The van der Waals surface area contributed by atoms with Crippen LogP contribution in [-0.2, 0) is 0 Å². The fraction of sp³-hybridized carbons (Fsp3) is 0.333. The van der Waals surface area contributed by atoms with E-state index in [1.807, 2.05) is 7.05 Å². The van der Waals surface area contributed by atoms with Crippen molar-refractivity contribution in [2.24, 2.45) is 5.73 Å². The van der Waals surface area contributed by atoms with Gasteiger partial charge >= 0.3 is 0 Å². The minimum Gasteiger partial charge on any atom is -0.351 e. The van der Waals surface area contributed by atoms with Gasteiger partial charge in [-0.3, -0.25) is 29.3 Å². The summed E-state index contributed by atoms with van der Waals surface area (Å²) in [6.07, 6.45) is 0.797. The highest BCUT2D eigenvalue weighted by molar-refractivity contribution is 6.36. The standard InChI is InChI=1S/C30H33N7O6.ClH/c1-34-10-12-35(13-11-34)28(39)21-14-20(27(38)33-9-8-32-7-3-6-31)16-22(17-21)36-29(40)24-5-2-4-19-15-23(37(42)43)18-25(26(19)24)30(36)41;/h2,4-5,14-18,32H,3,6-13,31H2,1H3,(H,33,38);1H. The molecule has 232 valence electrons. The Morgan fingerprint density at radius 2 is 1.64 bits per heavy atom. The van der Waals surface area contributed by atoms with E-state index in [9.17, 15) is 29.3 Å². The van der Waals surface area contributed by atoms with Crippen molar-refractivity contribution in [3.05, 3.63) is 80.9 Å². The lowest BCUT2D eigenvalue weighted by molar-refractivity contribution is -0.384. The quantitative estimate of drug-likeness (QED) is 0.132. The molecule has 3 aromatic carbocycles. The Hall–Kier alpha value is -4.43. The molecule has 0 saturated carbocycles. The Bertz CT molecular complexity index is 1620. The van der Waals surface area contributed by atoms with Crippen LogP contribution in [0.15, 0.2) is 48.5 Å². The molecule has 0 bridgehead atoms. The van der Waals surface area contributed by atoms with Crippen molar-refractivity contribution in [1.82, 2.24) is 20.4 Å². The third-order valence-electron chi connectivity index (χ3n) is 7.66. The van der Waals surface area contributed by atoms with Gasteiger partial charge in [-0.05, 0) is 56.2 Å². The number of nitrogens with two attached hydrogens (primary N) is 1. The van der Waals surface area contributed by atoms with Gasteiger partial charge in [-0.2, -0.15) is 0 Å². The van der Waals surface area contributed by atoms with Crippen LogP contribution in [0.5, 0.6) is 0 Å². The maximum Gasteiger partial charge on any atom is 0.270 e. The molecule has 0 aromatic heterocycles. The fourth-order valence-corrected chi connectivity index (χ4v) is 5.34. The number of halogens is 1. The molecule has 4 N–H and O–H groups in total. The number of non-ortho nitro benzene ring substituents is 1. The number of imide groups is 1. The first-order chi connectivity index (χ1) is 20.7. The molecule has 4 amide bonds. The first kappa shape index (κ1) is 32.5. The second-order valence-corrected chi connectivity index (χ2v) is 10.6. The minimum atomic E-state index is -0.781. The van der Waals surface area contributed by atoms with Gasteiger partial charge in [0.15, 0.2) is 0 Å². The summed E-state index contributed by atoms with van der Waals surface area (Å²) in [6, 6.07) is 11.5. The van der Waals surface area contributed by atoms with Crippen LogP contribution in [0.4, 0.5) is 11.4 Å². The molecule has 3 aromatic rings.